The molecule has 1 fully saturated rings. The van der Waals surface area contributed by atoms with E-state index in [1.807, 2.05) is 24.3 Å². The Bertz CT molecular complexity index is 401. The maximum absolute atomic E-state index is 11.8. The second-order valence-electron chi connectivity index (χ2n) is 5.02. The lowest BCUT2D eigenvalue weighted by atomic mass is 9.95. The molecule has 2 nitrogen and oxygen atoms in total. The number of thioether (sulfide) groups is 1. The van der Waals surface area contributed by atoms with Crippen LogP contribution in [0.5, 0.6) is 0 Å². The van der Waals surface area contributed by atoms with Crippen molar-refractivity contribution >= 4 is 29.3 Å². The van der Waals surface area contributed by atoms with Crippen LogP contribution < -0.4 is 5.32 Å². The van der Waals surface area contributed by atoms with Gasteiger partial charge in [-0.15, -0.1) is 11.8 Å². The summed E-state index contributed by atoms with van der Waals surface area (Å²) >= 11 is 7.49. The van der Waals surface area contributed by atoms with Crippen LogP contribution in [0, 0.1) is 0 Å². The third-order valence-electron chi connectivity index (χ3n) is 3.39. The van der Waals surface area contributed by atoms with Gasteiger partial charge in [-0.2, -0.15) is 0 Å². The van der Waals surface area contributed by atoms with Crippen molar-refractivity contribution in [3.8, 4) is 0 Å². The first-order valence-corrected chi connectivity index (χ1v) is 8.39. The lowest BCUT2D eigenvalue weighted by molar-refractivity contribution is -0.119. The molecule has 4 heteroatoms. The molecule has 0 radical (unpaired) electrons. The largest absolute Gasteiger partial charge is 0.353 e. The molecule has 1 amide bonds. The van der Waals surface area contributed by atoms with Crippen LogP contribution in [-0.2, 0) is 10.5 Å². The van der Waals surface area contributed by atoms with E-state index in [0.29, 0.717) is 11.8 Å². The second-order valence-corrected chi connectivity index (χ2v) is 6.44. The fourth-order valence-electron chi connectivity index (χ4n) is 2.36. The molecule has 1 N–H and O–H groups in total. The highest BCUT2D eigenvalue weighted by atomic mass is 35.5. The van der Waals surface area contributed by atoms with Gasteiger partial charge in [-0.25, -0.2) is 0 Å². The van der Waals surface area contributed by atoms with Gasteiger partial charge in [-0.05, 0) is 30.5 Å². The van der Waals surface area contributed by atoms with Crippen molar-refractivity contribution in [2.75, 3.05) is 5.75 Å². The normalized spacial score (nSPS) is 16.3. The quantitative estimate of drug-likeness (QED) is 0.889. The smallest absolute Gasteiger partial charge is 0.230 e. The van der Waals surface area contributed by atoms with Gasteiger partial charge in [0.25, 0.3) is 0 Å². The van der Waals surface area contributed by atoms with Crippen molar-refractivity contribution in [2.24, 2.45) is 0 Å². The number of hydrogen-bond acceptors (Lipinski definition) is 2. The maximum Gasteiger partial charge on any atom is 0.230 e. The summed E-state index contributed by atoms with van der Waals surface area (Å²) in [5.41, 5.74) is 1.21. The minimum absolute atomic E-state index is 0.172. The number of carbonyl (C=O) groups excluding carboxylic acids is 1. The molecule has 104 valence electrons. The van der Waals surface area contributed by atoms with Crippen LogP contribution in [0.2, 0.25) is 5.02 Å². The lowest BCUT2D eigenvalue weighted by Gasteiger charge is -2.22. The van der Waals surface area contributed by atoms with Gasteiger partial charge in [0.05, 0.1) is 5.75 Å². The molecule has 0 heterocycles. The van der Waals surface area contributed by atoms with Crippen molar-refractivity contribution in [1.29, 1.82) is 0 Å². The maximum atomic E-state index is 11.8. The monoisotopic (exact) mass is 297 g/mol. The number of benzene rings is 1. The van der Waals surface area contributed by atoms with E-state index < -0.39 is 0 Å². The number of halogens is 1. The predicted octanol–water partition coefficient (Wildman–Crippen LogP) is 4.02. The first kappa shape index (κ1) is 14.7. The fourth-order valence-corrected chi connectivity index (χ4v) is 3.28. The first-order chi connectivity index (χ1) is 9.24. The molecule has 1 saturated carbocycles. The van der Waals surface area contributed by atoms with Gasteiger partial charge in [0, 0.05) is 16.8 Å². The standard InChI is InChI=1S/C15H20ClNOS/c16-13-8-6-12(7-9-13)10-19-11-15(18)17-14-4-2-1-3-5-14/h6-9,14H,1-5,10-11H2,(H,17,18). The van der Waals surface area contributed by atoms with Gasteiger partial charge in [-0.3, -0.25) is 4.79 Å². The molecular weight excluding hydrogens is 278 g/mol. The average molecular weight is 298 g/mol. The van der Waals surface area contributed by atoms with Crippen molar-refractivity contribution in [3.05, 3.63) is 34.9 Å². The highest BCUT2D eigenvalue weighted by Crippen LogP contribution is 2.18. The predicted molar refractivity (Wildman–Crippen MR) is 82.6 cm³/mol. The van der Waals surface area contributed by atoms with E-state index in [-0.39, 0.29) is 5.91 Å². The summed E-state index contributed by atoms with van der Waals surface area (Å²) in [6, 6.07) is 8.21. The highest BCUT2D eigenvalue weighted by molar-refractivity contribution is 7.99. The molecule has 0 saturated heterocycles. The molecule has 0 bridgehead atoms. The molecule has 1 aliphatic carbocycles. The summed E-state index contributed by atoms with van der Waals surface area (Å²) < 4.78 is 0. The van der Waals surface area contributed by atoms with E-state index in [1.165, 1.54) is 24.8 Å². The zero-order chi connectivity index (χ0) is 13.5. The zero-order valence-corrected chi connectivity index (χ0v) is 12.6. The fraction of sp³-hybridized carbons (Fsp3) is 0.533. The Morgan fingerprint density at radius 1 is 1.21 bits per heavy atom. The SMILES string of the molecule is O=C(CSCc1ccc(Cl)cc1)NC1CCCCC1. The summed E-state index contributed by atoms with van der Waals surface area (Å²) in [6.07, 6.45) is 6.12. The summed E-state index contributed by atoms with van der Waals surface area (Å²) in [4.78, 5) is 11.8. The van der Waals surface area contributed by atoms with E-state index in [1.54, 1.807) is 11.8 Å². The number of hydrogen-bond donors (Lipinski definition) is 1. The summed E-state index contributed by atoms with van der Waals surface area (Å²) in [6.45, 7) is 0. The first-order valence-electron chi connectivity index (χ1n) is 6.85. The number of rotatable bonds is 5. The summed E-state index contributed by atoms with van der Waals surface area (Å²) in [5.74, 6) is 1.57. The second kappa shape index (κ2) is 7.81. The van der Waals surface area contributed by atoms with Crippen LogP contribution >= 0.6 is 23.4 Å². The Kier molecular flexibility index (Phi) is 6.05. The Balaban J connectivity index is 1.64. The minimum atomic E-state index is 0.172. The van der Waals surface area contributed by atoms with Gasteiger partial charge in [0.1, 0.15) is 0 Å². The van der Waals surface area contributed by atoms with E-state index in [0.717, 1.165) is 23.6 Å². The van der Waals surface area contributed by atoms with E-state index in [9.17, 15) is 4.79 Å². The van der Waals surface area contributed by atoms with Crippen LogP contribution in [0.1, 0.15) is 37.7 Å². The van der Waals surface area contributed by atoms with Crippen LogP contribution in [0.15, 0.2) is 24.3 Å². The van der Waals surface area contributed by atoms with Gasteiger partial charge in [-0.1, -0.05) is 43.0 Å². The van der Waals surface area contributed by atoms with Gasteiger partial charge < -0.3 is 5.32 Å². The Morgan fingerprint density at radius 3 is 2.58 bits per heavy atom. The van der Waals surface area contributed by atoms with E-state index >= 15 is 0 Å². The average Bonchev–Trinajstić information content (AvgIpc) is 2.42. The third-order valence-corrected chi connectivity index (χ3v) is 4.64. The van der Waals surface area contributed by atoms with Gasteiger partial charge in [0.15, 0.2) is 0 Å². The molecule has 1 aromatic carbocycles. The molecular formula is C15H20ClNOS. The Hall–Kier alpha value is -0.670. The molecule has 2 rings (SSSR count). The van der Waals surface area contributed by atoms with E-state index in [2.05, 4.69) is 5.32 Å². The van der Waals surface area contributed by atoms with Crippen molar-refractivity contribution in [3.63, 3.8) is 0 Å². The Morgan fingerprint density at radius 2 is 1.89 bits per heavy atom. The van der Waals surface area contributed by atoms with Crippen LogP contribution in [-0.4, -0.2) is 17.7 Å². The minimum Gasteiger partial charge on any atom is -0.353 e. The summed E-state index contributed by atoms with van der Waals surface area (Å²) in [5, 5.41) is 3.89. The summed E-state index contributed by atoms with van der Waals surface area (Å²) in [7, 11) is 0. The van der Waals surface area contributed by atoms with Crippen LogP contribution in [0.25, 0.3) is 0 Å². The van der Waals surface area contributed by atoms with E-state index in [4.69, 9.17) is 11.6 Å². The molecule has 1 aliphatic rings. The van der Waals surface area contributed by atoms with Crippen molar-refractivity contribution in [2.45, 2.75) is 43.9 Å². The third kappa shape index (κ3) is 5.45. The number of nitrogens with one attached hydrogen (secondary N) is 1. The highest BCUT2D eigenvalue weighted by Gasteiger charge is 2.15. The zero-order valence-electron chi connectivity index (χ0n) is 11.0. The van der Waals surface area contributed by atoms with Gasteiger partial charge >= 0.3 is 0 Å². The van der Waals surface area contributed by atoms with Crippen molar-refractivity contribution < 1.29 is 4.79 Å². The molecule has 1 aromatic rings. The molecule has 0 unspecified atom stereocenters. The molecule has 0 atom stereocenters. The van der Waals surface area contributed by atoms with Gasteiger partial charge in [0.2, 0.25) is 5.91 Å². The molecule has 0 spiro atoms. The topological polar surface area (TPSA) is 29.1 Å². The number of amides is 1. The van der Waals surface area contributed by atoms with Crippen LogP contribution in [0.4, 0.5) is 0 Å². The number of carbonyl (C=O) groups is 1. The molecule has 19 heavy (non-hydrogen) atoms. The molecule has 0 aliphatic heterocycles. The molecule has 0 aromatic heterocycles. The van der Waals surface area contributed by atoms with Crippen LogP contribution in [0.3, 0.4) is 0 Å². The van der Waals surface area contributed by atoms with Crippen molar-refractivity contribution in [1.82, 2.24) is 5.32 Å². The Labute approximate surface area is 124 Å². The lowest BCUT2D eigenvalue weighted by Crippen LogP contribution is -2.37.